The Balaban J connectivity index is 0.000000452. The van der Waals surface area contributed by atoms with Gasteiger partial charge in [0.2, 0.25) is 0 Å². The number of azide groups is 2. The molecule has 41 heavy (non-hydrogen) atoms. The number of aliphatic hydroxyl groups is 3. The topological polar surface area (TPSA) is 256 Å². The highest BCUT2D eigenvalue weighted by Crippen LogP contribution is 2.55. The van der Waals surface area contributed by atoms with Gasteiger partial charge in [-0.15, -0.1) is 0 Å². The van der Waals surface area contributed by atoms with E-state index >= 15 is 0 Å². The van der Waals surface area contributed by atoms with E-state index in [-0.39, 0.29) is 38.6 Å². The number of aliphatic hydroxyl groups excluding tert-OH is 3. The molecule has 0 aromatic carbocycles. The first-order valence-corrected chi connectivity index (χ1v) is 14.8. The Morgan fingerprint density at radius 3 is 2.07 bits per heavy atom. The zero-order valence-electron chi connectivity index (χ0n) is 23.7. The van der Waals surface area contributed by atoms with Crippen molar-refractivity contribution in [3.05, 3.63) is 32.5 Å². The van der Waals surface area contributed by atoms with E-state index in [1.165, 1.54) is 0 Å². The molecule has 18 heteroatoms. The molecule has 0 radical (unpaired) electrons. The number of rotatable bonds is 13. The summed E-state index contributed by atoms with van der Waals surface area (Å²) in [6.07, 6.45) is -3.37. The second-order valence-corrected chi connectivity index (χ2v) is 11.1. The van der Waals surface area contributed by atoms with Gasteiger partial charge < -0.3 is 38.6 Å². The highest BCUT2D eigenvalue weighted by atomic mass is 31.2. The van der Waals surface area contributed by atoms with Crippen molar-refractivity contribution in [2.75, 3.05) is 26.4 Å². The Morgan fingerprint density at radius 2 is 1.59 bits per heavy atom. The van der Waals surface area contributed by atoms with Crippen LogP contribution in [0, 0.1) is 5.92 Å². The van der Waals surface area contributed by atoms with Gasteiger partial charge in [-0.1, -0.05) is 23.2 Å². The monoisotopic (exact) mass is 606 g/mol. The summed E-state index contributed by atoms with van der Waals surface area (Å²) in [6.45, 7) is 8.71. The summed E-state index contributed by atoms with van der Waals surface area (Å²) in [4.78, 5) is 29.1. The minimum atomic E-state index is -3.91. The summed E-state index contributed by atoms with van der Waals surface area (Å²) >= 11 is 0. The third-order valence-electron chi connectivity index (χ3n) is 6.08. The van der Waals surface area contributed by atoms with Crippen LogP contribution in [0.5, 0.6) is 0 Å². The zero-order chi connectivity index (χ0) is 31.2. The maximum Gasteiger partial charge on any atom is 0.344 e. The number of nitrogens with zero attached hydrogens (tertiary/aromatic N) is 6. The van der Waals surface area contributed by atoms with Gasteiger partial charge in [-0.2, -0.15) is 0 Å². The van der Waals surface area contributed by atoms with Crippen LogP contribution in [0.1, 0.15) is 47.5 Å². The fraction of sp³-hybridized carbons (Fsp3) is 0.826. The fourth-order valence-electron chi connectivity index (χ4n) is 4.31. The standard InChI is InChI=1S/C13H24N3O8P.C10H15N3O3/c1-4-21-12(18)9(25(20,22-5-2)23-6-3)7-8-10(15-16-14)11(17)13(19)24-8;1-3-16-10(15)7-4-6(2)9(12-13-11)8(14)5-7/h8-11,13,17,19H,4-7H2,1-3H3;4,6,8-9,14H,3,5H2,1-2H3/t;6-,8+,9-/m.0/s1. The molecule has 0 spiro atoms. The molecule has 1 saturated heterocycles. The molecule has 1 aliphatic heterocycles. The van der Waals surface area contributed by atoms with Crippen molar-refractivity contribution >= 4 is 19.5 Å². The molecule has 5 unspecified atom stereocenters. The van der Waals surface area contributed by atoms with Gasteiger partial charge in [0.1, 0.15) is 6.10 Å². The van der Waals surface area contributed by atoms with E-state index in [4.69, 9.17) is 34.3 Å². The van der Waals surface area contributed by atoms with Gasteiger partial charge >= 0.3 is 19.5 Å². The van der Waals surface area contributed by atoms with Crippen molar-refractivity contribution in [1.29, 1.82) is 0 Å². The molecule has 0 amide bonds. The van der Waals surface area contributed by atoms with Crippen molar-refractivity contribution in [3.8, 4) is 0 Å². The molecular weight excluding hydrogens is 567 g/mol. The molecule has 17 nitrogen and oxygen atoms in total. The van der Waals surface area contributed by atoms with Crippen LogP contribution in [0.2, 0.25) is 0 Å². The molecule has 0 aromatic rings. The number of hydrogen-bond donors (Lipinski definition) is 3. The van der Waals surface area contributed by atoms with E-state index in [1.54, 1.807) is 40.7 Å². The van der Waals surface area contributed by atoms with Crippen LogP contribution in [0.25, 0.3) is 20.9 Å². The maximum absolute atomic E-state index is 13.0. The van der Waals surface area contributed by atoms with Crippen LogP contribution in [0.15, 0.2) is 21.9 Å². The summed E-state index contributed by atoms with van der Waals surface area (Å²) in [5, 5.41) is 36.1. The summed E-state index contributed by atoms with van der Waals surface area (Å²) in [5.41, 5.74) is 16.1. The lowest BCUT2D eigenvalue weighted by Crippen LogP contribution is -2.35. The highest BCUT2D eigenvalue weighted by Gasteiger charge is 2.50. The number of carbonyl (C=O) groups is 2. The van der Waals surface area contributed by atoms with Crippen LogP contribution < -0.4 is 0 Å². The molecule has 1 aliphatic carbocycles. The first-order valence-electron chi connectivity index (χ1n) is 13.2. The molecule has 0 bridgehead atoms. The highest BCUT2D eigenvalue weighted by molar-refractivity contribution is 7.55. The molecule has 8 atom stereocenters. The Bertz CT molecular complexity index is 1040. The number of carbonyl (C=O) groups excluding carboxylic acids is 2. The normalized spacial score (nSPS) is 28.1. The van der Waals surface area contributed by atoms with Gasteiger partial charge in [-0.25, -0.2) is 4.79 Å². The van der Waals surface area contributed by atoms with Crippen molar-refractivity contribution in [2.45, 2.75) is 89.8 Å². The van der Waals surface area contributed by atoms with Gasteiger partial charge in [-0.3, -0.25) is 9.36 Å². The van der Waals surface area contributed by atoms with Crippen LogP contribution in [0.4, 0.5) is 0 Å². The van der Waals surface area contributed by atoms with E-state index < -0.39 is 61.9 Å². The van der Waals surface area contributed by atoms with Crippen LogP contribution in [0.3, 0.4) is 0 Å². The van der Waals surface area contributed by atoms with Crippen molar-refractivity contribution in [2.24, 2.45) is 16.1 Å². The molecule has 0 saturated carbocycles. The van der Waals surface area contributed by atoms with E-state index in [1.807, 2.05) is 0 Å². The minimum absolute atomic E-state index is 0.0315. The molecule has 1 fully saturated rings. The average molecular weight is 607 g/mol. The quantitative estimate of drug-likeness (QED) is 0.0902. The van der Waals surface area contributed by atoms with Crippen molar-refractivity contribution in [3.63, 3.8) is 0 Å². The summed E-state index contributed by atoms with van der Waals surface area (Å²) in [7, 11) is -3.91. The largest absolute Gasteiger partial charge is 0.465 e. The predicted octanol–water partition coefficient (Wildman–Crippen LogP) is 2.89. The SMILES string of the molecule is CCOC(=O)C(CC1OC(O)C(O)C1N=[N+]=[N-])P(=O)(OCC)OCC.CCOC(=O)C1=C[C@H](C)[C@H](N=[N+]=[N-])[C@H](O)C1. The van der Waals surface area contributed by atoms with Crippen molar-refractivity contribution in [1.82, 2.24) is 0 Å². The zero-order valence-corrected chi connectivity index (χ0v) is 24.6. The number of esters is 2. The van der Waals surface area contributed by atoms with E-state index in [9.17, 15) is 29.5 Å². The molecule has 0 aromatic heterocycles. The number of ether oxygens (including phenoxy) is 3. The summed E-state index contributed by atoms with van der Waals surface area (Å²) in [6, 6.07) is -1.67. The lowest BCUT2D eigenvalue weighted by atomic mass is 9.85. The molecule has 1 heterocycles. The third-order valence-corrected chi connectivity index (χ3v) is 8.51. The first-order chi connectivity index (χ1) is 19.4. The maximum atomic E-state index is 13.0. The Morgan fingerprint density at radius 1 is 1.02 bits per heavy atom. The molecule has 3 N–H and O–H groups in total. The lowest BCUT2D eigenvalue weighted by molar-refractivity contribution is -0.146. The molecule has 2 rings (SSSR count). The Labute approximate surface area is 237 Å². The van der Waals surface area contributed by atoms with Crippen molar-refractivity contribution < 1.29 is 52.7 Å². The van der Waals surface area contributed by atoms with Gasteiger partial charge in [0.25, 0.3) is 0 Å². The van der Waals surface area contributed by atoms with Crippen LogP contribution >= 0.6 is 7.60 Å². The van der Waals surface area contributed by atoms with Gasteiger partial charge in [0.15, 0.2) is 11.9 Å². The van der Waals surface area contributed by atoms with E-state index in [0.29, 0.717) is 12.2 Å². The van der Waals surface area contributed by atoms with Crippen LogP contribution in [-0.4, -0.2) is 96.0 Å². The lowest BCUT2D eigenvalue weighted by Gasteiger charge is -2.28. The van der Waals surface area contributed by atoms with Gasteiger partial charge in [0, 0.05) is 21.8 Å². The predicted molar refractivity (Wildman–Crippen MR) is 143 cm³/mol. The second-order valence-electron chi connectivity index (χ2n) is 8.87. The van der Waals surface area contributed by atoms with Gasteiger partial charge in [0.05, 0.1) is 50.7 Å². The number of hydrogen-bond acceptors (Lipinski definition) is 13. The van der Waals surface area contributed by atoms with Gasteiger partial charge in [-0.05, 0) is 51.1 Å². The smallest absolute Gasteiger partial charge is 0.344 e. The molecule has 2 aliphatic rings. The fourth-order valence-corrected chi connectivity index (χ4v) is 6.27. The van der Waals surface area contributed by atoms with E-state index in [0.717, 1.165) is 0 Å². The molecule has 232 valence electrons. The minimum Gasteiger partial charge on any atom is -0.465 e. The second kappa shape index (κ2) is 18.0. The third kappa shape index (κ3) is 10.3. The summed E-state index contributed by atoms with van der Waals surface area (Å²) in [5.74, 6) is -1.40. The van der Waals surface area contributed by atoms with Crippen LogP contribution in [-0.2, 0) is 37.4 Å². The average Bonchev–Trinajstić information content (AvgIpc) is 3.18. The summed E-state index contributed by atoms with van der Waals surface area (Å²) < 4.78 is 38.4. The first kappa shape index (κ1) is 36.3. The Hall–Kier alpha value is -2.71. The van der Waals surface area contributed by atoms with E-state index in [2.05, 4.69) is 20.1 Å². The Kier molecular flexibility index (Phi) is 15.9. The molecular formula is C23H39N6O11P.